The topological polar surface area (TPSA) is 55.1 Å². The van der Waals surface area contributed by atoms with Crippen molar-refractivity contribution in [2.24, 2.45) is 5.92 Å². The van der Waals surface area contributed by atoms with Crippen LogP contribution >= 0.6 is 11.8 Å². The van der Waals surface area contributed by atoms with Crippen molar-refractivity contribution in [1.82, 2.24) is 9.55 Å². The number of thioether (sulfide) groups is 1. The summed E-state index contributed by atoms with van der Waals surface area (Å²) in [6.45, 7) is 4.29. The number of aryl methyl sites for hydroxylation is 1. The predicted octanol–water partition coefficient (Wildman–Crippen LogP) is 3.49. The van der Waals surface area contributed by atoms with Gasteiger partial charge in [0, 0.05) is 6.04 Å². The monoisotopic (exact) mass is 290 g/mol. The minimum Gasteiger partial charge on any atom is -0.481 e. The van der Waals surface area contributed by atoms with Gasteiger partial charge in [-0.3, -0.25) is 4.79 Å². The van der Waals surface area contributed by atoms with Crippen molar-refractivity contribution in [1.29, 1.82) is 0 Å². The highest BCUT2D eigenvalue weighted by molar-refractivity contribution is 7.99. The smallest absolute Gasteiger partial charge is 0.313 e. The lowest BCUT2D eigenvalue weighted by molar-refractivity contribution is -0.133. The summed E-state index contributed by atoms with van der Waals surface area (Å²) in [5, 5.41) is 9.71. The Morgan fingerprint density at radius 2 is 2.30 bits per heavy atom. The highest BCUT2D eigenvalue weighted by Gasteiger charge is 2.31. The molecule has 4 nitrogen and oxygen atoms in total. The Hall–Kier alpha value is -1.49. The molecule has 1 heterocycles. The number of nitrogens with zero attached hydrogens (tertiary/aromatic N) is 2. The molecule has 1 aromatic carbocycles. The fraction of sp³-hybridized carbons (Fsp3) is 0.467. The molecular formula is C15H18N2O2S. The summed E-state index contributed by atoms with van der Waals surface area (Å²) in [4.78, 5) is 15.4. The van der Waals surface area contributed by atoms with E-state index in [0.717, 1.165) is 16.2 Å². The van der Waals surface area contributed by atoms with Gasteiger partial charge in [0.25, 0.3) is 0 Å². The van der Waals surface area contributed by atoms with Crippen LogP contribution in [0.25, 0.3) is 11.0 Å². The summed E-state index contributed by atoms with van der Waals surface area (Å²) < 4.78 is 2.23. The highest BCUT2D eigenvalue weighted by atomic mass is 32.2. The van der Waals surface area contributed by atoms with E-state index < -0.39 is 5.97 Å². The van der Waals surface area contributed by atoms with Crippen LogP contribution in [0.1, 0.15) is 31.4 Å². The fourth-order valence-corrected chi connectivity index (χ4v) is 3.41. The van der Waals surface area contributed by atoms with E-state index in [1.807, 2.05) is 12.1 Å². The lowest BCUT2D eigenvalue weighted by atomic mass is 10.2. The molecule has 0 amide bonds. The molecule has 0 spiro atoms. The number of benzene rings is 1. The van der Waals surface area contributed by atoms with Crippen LogP contribution in [0.5, 0.6) is 0 Å². The van der Waals surface area contributed by atoms with E-state index in [4.69, 9.17) is 5.11 Å². The average molecular weight is 290 g/mol. The zero-order valence-corrected chi connectivity index (χ0v) is 12.5. The number of rotatable bonds is 5. The number of carboxylic acid groups (broad SMARTS) is 1. The predicted molar refractivity (Wildman–Crippen MR) is 80.3 cm³/mol. The minimum atomic E-state index is -0.802. The van der Waals surface area contributed by atoms with Gasteiger partial charge in [-0.15, -0.1) is 0 Å². The Morgan fingerprint density at radius 1 is 1.55 bits per heavy atom. The second-order valence-electron chi connectivity index (χ2n) is 5.52. The molecule has 3 rings (SSSR count). The lowest BCUT2D eigenvalue weighted by Crippen LogP contribution is -2.09. The van der Waals surface area contributed by atoms with E-state index in [0.29, 0.717) is 12.0 Å². The summed E-state index contributed by atoms with van der Waals surface area (Å²) in [6, 6.07) is 6.60. The summed E-state index contributed by atoms with van der Waals surface area (Å²) in [5.41, 5.74) is 3.28. The Morgan fingerprint density at radius 3 is 2.95 bits per heavy atom. The maximum Gasteiger partial charge on any atom is 0.313 e. The van der Waals surface area contributed by atoms with E-state index in [-0.39, 0.29) is 5.75 Å². The number of imidazole rings is 1. The number of fused-ring (bicyclic) bond motifs is 1. The van der Waals surface area contributed by atoms with Gasteiger partial charge in [0.05, 0.1) is 16.8 Å². The molecule has 1 fully saturated rings. The van der Waals surface area contributed by atoms with Crippen LogP contribution in [0.4, 0.5) is 0 Å². The van der Waals surface area contributed by atoms with Gasteiger partial charge < -0.3 is 9.67 Å². The second kappa shape index (κ2) is 5.13. The van der Waals surface area contributed by atoms with E-state index in [9.17, 15) is 4.79 Å². The molecule has 2 aromatic rings. The van der Waals surface area contributed by atoms with Gasteiger partial charge in [-0.2, -0.15) is 0 Å². The Balaban J connectivity index is 2.06. The second-order valence-corrected chi connectivity index (χ2v) is 6.46. The van der Waals surface area contributed by atoms with Crippen LogP contribution in [0.3, 0.4) is 0 Å². The van der Waals surface area contributed by atoms with Crippen LogP contribution in [-0.4, -0.2) is 26.4 Å². The van der Waals surface area contributed by atoms with Crippen molar-refractivity contribution in [3.05, 3.63) is 23.8 Å². The molecule has 1 N–H and O–H groups in total. The van der Waals surface area contributed by atoms with Crippen molar-refractivity contribution >= 4 is 28.8 Å². The van der Waals surface area contributed by atoms with Gasteiger partial charge >= 0.3 is 5.97 Å². The van der Waals surface area contributed by atoms with E-state index in [2.05, 4.69) is 29.5 Å². The molecule has 1 aromatic heterocycles. The number of carboxylic acids is 1. The van der Waals surface area contributed by atoms with Crippen LogP contribution < -0.4 is 0 Å². The number of hydrogen-bond donors (Lipinski definition) is 1. The first-order valence-electron chi connectivity index (χ1n) is 6.89. The SMILES string of the molecule is Cc1ccc2nc(SCC(=O)O)n(C(C)C3CC3)c2c1. The van der Waals surface area contributed by atoms with Gasteiger partial charge in [-0.05, 0) is 50.3 Å². The van der Waals surface area contributed by atoms with Crippen LogP contribution in [0.15, 0.2) is 23.4 Å². The molecule has 1 atom stereocenters. The molecule has 0 saturated heterocycles. The molecule has 1 saturated carbocycles. The molecule has 1 unspecified atom stereocenters. The molecule has 1 aliphatic rings. The van der Waals surface area contributed by atoms with Crippen molar-refractivity contribution in [3.8, 4) is 0 Å². The fourth-order valence-electron chi connectivity index (χ4n) is 2.59. The summed E-state index contributed by atoms with van der Waals surface area (Å²) in [5.74, 6) is -0.0411. The largest absolute Gasteiger partial charge is 0.481 e. The van der Waals surface area contributed by atoms with Gasteiger partial charge in [0.1, 0.15) is 0 Å². The number of aromatic nitrogens is 2. The third-order valence-electron chi connectivity index (χ3n) is 3.85. The molecule has 0 radical (unpaired) electrons. The molecule has 0 aliphatic heterocycles. The van der Waals surface area contributed by atoms with Gasteiger partial charge in [0.15, 0.2) is 5.16 Å². The molecule has 20 heavy (non-hydrogen) atoms. The first-order chi connectivity index (χ1) is 9.56. The van der Waals surface area contributed by atoms with E-state index in [1.54, 1.807) is 0 Å². The normalized spacial score (nSPS) is 16.5. The molecule has 106 valence electrons. The quantitative estimate of drug-likeness (QED) is 0.856. The minimum absolute atomic E-state index is 0.0552. The first kappa shape index (κ1) is 13.5. The third kappa shape index (κ3) is 2.54. The van der Waals surface area contributed by atoms with Crippen LogP contribution in [-0.2, 0) is 4.79 Å². The van der Waals surface area contributed by atoms with Gasteiger partial charge in [-0.25, -0.2) is 4.98 Å². The number of hydrogen-bond acceptors (Lipinski definition) is 3. The molecule has 1 aliphatic carbocycles. The molecular weight excluding hydrogens is 272 g/mol. The van der Waals surface area contributed by atoms with Crippen molar-refractivity contribution in [2.45, 2.75) is 37.9 Å². The van der Waals surface area contributed by atoms with Gasteiger partial charge in [0.2, 0.25) is 0 Å². The van der Waals surface area contributed by atoms with Crippen LogP contribution in [0.2, 0.25) is 0 Å². The Kier molecular flexibility index (Phi) is 3.46. The Labute approximate surface area is 122 Å². The maximum atomic E-state index is 10.8. The van der Waals surface area contributed by atoms with Crippen molar-refractivity contribution in [2.75, 3.05) is 5.75 Å². The number of aliphatic carboxylic acids is 1. The zero-order chi connectivity index (χ0) is 14.3. The summed E-state index contributed by atoms with van der Waals surface area (Å²) >= 11 is 1.31. The van der Waals surface area contributed by atoms with Crippen molar-refractivity contribution < 1.29 is 9.90 Å². The average Bonchev–Trinajstić information content (AvgIpc) is 3.17. The first-order valence-corrected chi connectivity index (χ1v) is 7.88. The molecule has 5 heteroatoms. The highest BCUT2D eigenvalue weighted by Crippen LogP contribution is 2.42. The van der Waals surface area contributed by atoms with Gasteiger partial charge in [-0.1, -0.05) is 17.8 Å². The maximum absolute atomic E-state index is 10.8. The lowest BCUT2D eigenvalue weighted by Gasteiger charge is -2.16. The van der Waals surface area contributed by atoms with E-state index in [1.165, 1.54) is 30.2 Å². The summed E-state index contributed by atoms with van der Waals surface area (Å²) in [6.07, 6.45) is 2.52. The van der Waals surface area contributed by atoms with Crippen molar-refractivity contribution in [3.63, 3.8) is 0 Å². The summed E-state index contributed by atoms with van der Waals surface area (Å²) in [7, 11) is 0. The Bertz CT molecular complexity index is 661. The standard InChI is InChI=1S/C15H18N2O2S/c1-9-3-6-12-13(7-9)17(10(2)11-4-5-11)15(16-12)20-8-14(18)19/h3,6-7,10-11H,4-5,8H2,1-2H3,(H,18,19). The number of carbonyl (C=O) groups is 1. The van der Waals surface area contributed by atoms with Crippen LogP contribution in [0, 0.1) is 12.8 Å². The zero-order valence-electron chi connectivity index (χ0n) is 11.7. The third-order valence-corrected chi connectivity index (χ3v) is 4.79. The van der Waals surface area contributed by atoms with E-state index >= 15 is 0 Å². The molecule has 0 bridgehead atoms.